The Bertz CT molecular complexity index is 755. The minimum atomic E-state index is -1.18. The van der Waals surface area contributed by atoms with Crippen LogP contribution in [-0.4, -0.2) is 39.8 Å². The number of hydrogen-bond donors (Lipinski definition) is 2. The van der Waals surface area contributed by atoms with Gasteiger partial charge >= 0.3 is 12.0 Å². The standard InChI is InChI=1S/C19H28N4O5/c1-3-4-12-23-16(24)11-10-15(22-23)18(26)28-13(2)17(25)21-19(27)20-14-8-6-5-7-9-14/h10-11,13-14H,3-9,12H2,1-2H3,(H2,20,21,25,27)/t13-/m0/s1. The molecule has 0 radical (unpaired) electrons. The summed E-state index contributed by atoms with van der Waals surface area (Å²) in [6, 6.07) is 1.97. The normalized spacial score (nSPS) is 15.5. The predicted octanol–water partition coefficient (Wildman–Crippen LogP) is 1.75. The molecule has 154 valence electrons. The third-order valence-electron chi connectivity index (χ3n) is 4.63. The zero-order valence-electron chi connectivity index (χ0n) is 16.4. The molecule has 1 atom stereocenters. The monoisotopic (exact) mass is 392 g/mol. The van der Waals surface area contributed by atoms with E-state index in [4.69, 9.17) is 4.74 Å². The van der Waals surface area contributed by atoms with Crippen LogP contribution in [0.1, 0.15) is 69.3 Å². The van der Waals surface area contributed by atoms with Crippen LogP contribution < -0.4 is 16.2 Å². The number of carbonyl (C=O) groups is 3. The van der Waals surface area contributed by atoms with E-state index in [1.54, 1.807) is 0 Å². The van der Waals surface area contributed by atoms with E-state index in [2.05, 4.69) is 15.7 Å². The van der Waals surface area contributed by atoms with Gasteiger partial charge in [-0.3, -0.25) is 14.9 Å². The maximum atomic E-state index is 12.2. The number of ether oxygens (including phenoxy) is 1. The lowest BCUT2D eigenvalue weighted by Gasteiger charge is -2.23. The van der Waals surface area contributed by atoms with Crippen LogP contribution in [0, 0.1) is 0 Å². The number of unbranched alkanes of at least 4 members (excludes halogenated alkanes) is 1. The average Bonchev–Trinajstić information content (AvgIpc) is 2.67. The van der Waals surface area contributed by atoms with E-state index in [0.717, 1.165) is 44.9 Å². The van der Waals surface area contributed by atoms with E-state index in [0.29, 0.717) is 6.54 Å². The number of amides is 3. The fourth-order valence-electron chi connectivity index (χ4n) is 2.98. The summed E-state index contributed by atoms with van der Waals surface area (Å²) in [6.45, 7) is 3.75. The van der Waals surface area contributed by atoms with Crippen molar-refractivity contribution in [3.63, 3.8) is 0 Å². The molecular weight excluding hydrogens is 364 g/mol. The van der Waals surface area contributed by atoms with E-state index < -0.39 is 24.0 Å². The van der Waals surface area contributed by atoms with Gasteiger partial charge in [-0.15, -0.1) is 0 Å². The average molecular weight is 392 g/mol. The third kappa shape index (κ3) is 6.47. The molecule has 1 aromatic heterocycles. The molecule has 1 aromatic rings. The van der Waals surface area contributed by atoms with Gasteiger partial charge in [-0.1, -0.05) is 32.6 Å². The number of nitrogens with zero attached hydrogens (tertiary/aromatic N) is 2. The number of aryl methyl sites for hydroxylation is 1. The number of aromatic nitrogens is 2. The van der Waals surface area contributed by atoms with E-state index in [1.165, 1.54) is 23.7 Å². The fourth-order valence-corrected chi connectivity index (χ4v) is 2.98. The first kappa shape index (κ1) is 21.6. The smallest absolute Gasteiger partial charge is 0.359 e. The number of esters is 1. The van der Waals surface area contributed by atoms with Crippen LogP contribution in [0.3, 0.4) is 0 Å². The molecule has 1 aliphatic carbocycles. The lowest BCUT2D eigenvalue weighted by Crippen LogP contribution is -2.48. The highest BCUT2D eigenvalue weighted by molar-refractivity contribution is 5.98. The van der Waals surface area contributed by atoms with Crippen LogP contribution in [0.5, 0.6) is 0 Å². The summed E-state index contributed by atoms with van der Waals surface area (Å²) in [5.74, 6) is -1.55. The highest BCUT2D eigenvalue weighted by Crippen LogP contribution is 2.17. The zero-order chi connectivity index (χ0) is 20.5. The largest absolute Gasteiger partial charge is 0.448 e. The van der Waals surface area contributed by atoms with Crippen molar-refractivity contribution in [3.05, 3.63) is 28.2 Å². The van der Waals surface area contributed by atoms with E-state index in [-0.39, 0.29) is 17.3 Å². The maximum absolute atomic E-state index is 12.2. The van der Waals surface area contributed by atoms with Crippen molar-refractivity contribution in [1.29, 1.82) is 0 Å². The van der Waals surface area contributed by atoms with E-state index in [1.807, 2.05) is 6.92 Å². The zero-order valence-corrected chi connectivity index (χ0v) is 16.4. The lowest BCUT2D eigenvalue weighted by atomic mass is 9.96. The highest BCUT2D eigenvalue weighted by Gasteiger charge is 2.23. The summed E-state index contributed by atoms with van der Waals surface area (Å²) >= 11 is 0. The topological polar surface area (TPSA) is 119 Å². The SMILES string of the molecule is CCCCn1nc(C(=O)O[C@@H](C)C(=O)NC(=O)NC2CCCCC2)ccc1=O. The minimum Gasteiger partial charge on any atom is -0.448 e. The molecule has 1 saturated carbocycles. The van der Waals surface area contributed by atoms with Gasteiger partial charge in [0, 0.05) is 18.7 Å². The molecule has 9 heteroatoms. The number of hydrogen-bond acceptors (Lipinski definition) is 6. The molecule has 0 aromatic carbocycles. The van der Waals surface area contributed by atoms with Crippen LogP contribution in [0.15, 0.2) is 16.9 Å². The lowest BCUT2D eigenvalue weighted by molar-refractivity contribution is -0.127. The Labute approximate surface area is 163 Å². The molecule has 0 unspecified atom stereocenters. The van der Waals surface area contributed by atoms with Gasteiger partial charge < -0.3 is 10.1 Å². The summed E-state index contributed by atoms with van der Waals surface area (Å²) in [6.07, 6.45) is 5.51. The number of imide groups is 1. The first-order valence-corrected chi connectivity index (χ1v) is 9.81. The molecule has 9 nitrogen and oxygen atoms in total. The second-order valence-corrected chi connectivity index (χ2v) is 6.98. The summed E-state index contributed by atoms with van der Waals surface area (Å²) in [5, 5.41) is 8.93. The fraction of sp³-hybridized carbons (Fsp3) is 0.632. The van der Waals surface area contributed by atoms with Gasteiger partial charge in [0.05, 0.1) is 0 Å². The maximum Gasteiger partial charge on any atom is 0.359 e. The van der Waals surface area contributed by atoms with Gasteiger partial charge in [-0.25, -0.2) is 14.3 Å². The van der Waals surface area contributed by atoms with Crippen LogP contribution in [0.4, 0.5) is 4.79 Å². The van der Waals surface area contributed by atoms with Crippen molar-refractivity contribution in [2.24, 2.45) is 0 Å². The molecule has 1 aliphatic rings. The molecule has 2 N–H and O–H groups in total. The molecule has 28 heavy (non-hydrogen) atoms. The van der Waals surface area contributed by atoms with Crippen molar-refractivity contribution < 1.29 is 19.1 Å². The van der Waals surface area contributed by atoms with Crippen LogP contribution in [-0.2, 0) is 16.1 Å². The first-order valence-electron chi connectivity index (χ1n) is 9.81. The van der Waals surface area contributed by atoms with Gasteiger partial charge in [-0.05, 0) is 32.3 Å². The molecule has 1 heterocycles. The molecule has 1 fully saturated rings. The Morgan fingerprint density at radius 2 is 1.96 bits per heavy atom. The van der Waals surface area contributed by atoms with Crippen LogP contribution >= 0.6 is 0 Å². The Morgan fingerprint density at radius 3 is 2.64 bits per heavy atom. The molecule has 0 aliphatic heterocycles. The van der Waals surface area contributed by atoms with Crippen molar-refractivity contribution in [1.82, 2.24) is 20.4 Å². The van der Waals surface area contributed by atoms with Crippen molar-refractivity contribution in [2.45, 2.75) is 77.5 Å². The summed E-state index contributed by atoms with van der Waals surface area (Å²) in [5.41, 5.74) is -0.378. The second-order valence-electron chi connectivity index (χ2n) is 6.98. The number of nitrogens with one attached hydrogen (secondary N) is 2. The quantitative estimate of drug-likeness (QED) is 0.682. The Balaban J connectivity index is 1.87. The molecule has 2 rings (SSSR count). The number of rotatable bonds is 7. The van der Waals surface area contributed by atoms with Crippen LogP contribution in [0.25, 0.3) is 0 Å². The van der Waals surface area contributed by atoms with Gasteiger partial charge in [0.15, 0.2) is 11.8 Å². The van der Waals surface area contributed by atoms with E-state index in [9.17, 15) is 19.2 Å². The second kappa shape index (κ2) is 10.6. The summed E-state index contributed by atoms with van der Waals surface area (Å²) in [4.78, 5) is 48.0. The van der Waals surface area contributed by atoms with E-state index >= 15 is 0 Å². The Hall–Kier alpha value is -2.71. The Morgan fingerprint density at radius 1 is 1.25 bits per heavy atom. The number of carbonyl (C=O) groups excluding carboxylic acids is 3. The Kier molecular flexibility index (Phi) is 8.16. The highest BCUT2D eigenvalue weighted by atomic mass is 16.5. The molecule has 0 saturated heterocycles. The van der Waals surface area contributed by atoms with Gasteiger partial charge in [-0.2, -0.15) is 5.10 Å². The van der Waals surface area contributed by atoms with Gasteiger partial charge in [0.1, 0.15) is 0 Å². The predicted molar refractivity (Wildman–Crippen MR) is 102 cm³/mol. The third-order valence-corrected chi connectivity index (χ3v) is 4.63. The molecule has 3 amide bonds. The first-order chi connectivity index (χ1) is 13.4. The van der Waals surface area contributed by atoms with Crippen molar-refractivity contribution in [2.75, 3.05) is 0 Å². The van der Waals surface area contributed by atoms with Crippen LogP contribution in [0.2, 0.25) is 0 Å². The summed E-state index contributed by atoms with van der Waals surface area (Å²) < 4.78 is 6.28. The molecule has 0 spiro atoms. The summed E-state index contributed by atoms with van der Waals surface area (Å²) in [7, 11) is 0. The molecular formula is C19H28N4O5. The minimum absolute atomic E-state index is 0.0628. The number of urea groups is 1. The van der Waals surface area contributed by atoms with Crippen molar-refractivity contribution in [3.8, 4) is 0 Å². The van der Waals surface area contributed by atoms with Gasteiger partial charge in [0.25, 0.3) is 11.5 Å². The van der Waals surface area contributed by atoms with Gasteiger partial charge in [0.2, 0.25) is 0 Å². The molecule has 0 bridgehead atoms. The van der Waals surface area contributed by atoms with Crippen molar-refractivity contribution >= 4 is 17.9 Å².